The molecule has 0 saturated heterocycles. The summed E-state index contributed by atoms with van der Waals surface area (Å²) >= 11 is 0. The predicted octanol–water partition coefficient (Wildman–Crippen LogP) is 9.57. The molecule has 180 valence electrons. The third-order valence-corrected chi connectivity index (χ3v) is 8.18. The number of hydrogen-bond donors (Lipinski definition) is 0. The number of unbranched alkanes of at least 4 members (excludes halogenated alkanes) is 4. The Morgan fingerprint density at radius 1 is 0.697 bits per heavy atom. The fourth-order valence-electron chi connectivity index (χ4n) is 6.34. The Bertz CT molecular complexity index is 914. The van der Waals surface area contributed by atoms with Crippen LogP contribution >= 0.6 is 0 Å². The van der Waals surface area contributed by atoms with Gasteiger partial charge in [-0.25, -0.2) is 17.6 Å². The Morgan fingerprint density at radius 2 is 1.39 bits per heavy atom. The van der Waals surface area contributed by atoms with E-state index in [2.05, 4.69) is 6.92 Å². The molecule has 4 atom stereocenters. The topological polar surface area (TPSA) is 0 Å². The maximum Gasteiger partial charge on any atom is 0.159 e. The van der Waals surface area contributed by atoms with Gasteiger partial charge in [-0.3, -0.25) is 0 Å². The number of fused-ring (bicyclic) bond motifs is 1. The highest BCUT2D eigenvalue weighted by atomic mass is 19.2. The molecule has 0 nitrogen and oxygen atoms in total. The molecule has 0 bridgehead atoms. The van der Waals surface area contributed by atoms with Crippen LogP contribution in [0.3, 0.4) is 0 Å². The van der Waals surface area contributed by atoms with Gasteiger partial charge in [-0.15, -0.1) is 0 Å². The van der Waals surface area contributed by atoms with Crippen molar-refractivity contribution in [2.45, 2.75) is 89.9 Å². The molecule has 0 aliphatic heterocycles. The van der Waals surface area contributed by atoms with Crippen molar-refractivity contribution < 1.29 is 17.6 Å². The SMILES string of the molecule is CCCCCCCC1CC[C@@H]2C[C@H](c3cc(F)c(-c4ccc(F)c(F)c4)c(F)c3)CC[C@@H]2C1. The molecular formula is C29H36F4. The molecule has 1 unspecified atom stereocenters. The van der Waals surface area contributed by atoms with Crippen LogP contribution in [-0.4, -0.2) is 0 Å². The maximum atomic E-state index is 14.9. The normalized spacial score (nSPS) is 25.1. The quantitative estimate of drug-likeness (QED) is 0.272. The van der Waals surface area contributed by atoms with E-state index in [1.807, 2.05) is 0 Å². The largest absolute Gasteiger partial charge is 0.206 e. The van der Waals surface area contributed by atoms with Gasteiger partial charge in [-0.05, 0) is 91.2 Å². The summed E-state index contributed by atoms with van der Waals surface area (Å²) in [5, 5.41) is 0. The van der Waals surface area contributed by atoms with Crippen molar-refractivity contribution in [3.63, 3.8) is 0 Å². The van der Waals surface area contributed by atoms with Gasteiger partial charge in [0.1, 0.15) is 11.6 Å². The van der Waals surface area contributed by atoms with Crippen molar-refractivity contribution in [1.29, 1.82) is 0 Å². The van der Waals surface area contributed by atoms with Crippen LogP contribution in [0, 0.1) is 41.0 Å². The van der Waals surface area contributed by atoms with Crippen LogP contribution in [0.2, 0.25) is 0 Å². The third-order valence-electron chi connectivity index (χ3n) is 8.18. The van der Waals surface area contributed by atoms with E-state index >= 15 is 0 Å². The molecule has 2 saturated carbocycles. The zero-order valence-corrected chi connectivity index (χ0v) is 19.7. The van der Waals surface area contributed by atoms with E-state index in [4.69, 9.17) is 0 Å². The van der Waals surface area contributed by atoms with Crippen LogP contribution in [0.5, 0.6) is 0 Å². The molecule has 2 aromatic carbocycles. The van der Waals surface area contributed by atoms with Crippen molar-refractivity contribution in [3.8, 4) is 11.1 Å². The second-order valence-electron chi connectivity index (χ2n) is 10.4. The molecule has 0 N–H and O–H groups in total. The summed E-state index contributed by atoms with van der Waals surface area (Å²) in [5.74, 6) is -1.11. The van der Waals surface area contributed by atoms with E-state index in [-0.39, 0.29) is 17.0 Å². The van der Waals surface area contributed by atoms with Gasteiger partial charge in [-0.1, -0.05) is 57.9 Å². The van der Waals surface area contributed by atoms with Crippen LogP contribution in [-0.2, 0) is 0 Å². The minimum atomic E-state index is -1.11. The smallest absolute Gasteiger partial charge is 0.159 e. The van der Waals surface area contributed by atoms with Crippen LogP contribution < -0.4 is 0 Å². The minimum absolute atomic E-state index is 0.0205. The first-order valence-electron chi connectivity index (χ1n) is 12.9. The summed E-state index contributed by atoms with van der Waals surface area (Å²) < 4.78 is 56.6. The Morgan fingerprint density at radius 3 is 2.12 bits per heavy atom. The highest BCUT2D eigenvalue weighted by Gasteiger charge is 2.36. The fourth-order valence-corrected chi connectivity index (χ4v) is 6.34. The second kappa shape index (κ2) is 11.1. The number of hydrogen-bond acceptors (Lipinski definition) is 0. The van der Waals surface area contributed by atoms with Gasteiger partial charge in [-0.2, -0.15) is 0 Å². The van der Waals surface area contributed by atoms with Crippen molar-refractivity contribution >= 4 is 0 Å². The lowest BCUT2D eigenvalue weighted by atomic mass is 9.63. The maximum absolute atomic E-state index is 14.9. The van der Waals surface area contributed by atoms with E-state index in [0.29, 0.717) is 11.5 Å². The van der Waals surface area contributed by atoms with Gasteiger partial charge in [0.05, 0.1) is 5.56 Å². The molecule has 33 heavy (non-hydrogen) atoms. The van der Waals surface area contributed by atoms with Crippen molar-refractivity contribution in [3.05, 3.63) is 59.2 Å². The summed E-state index contributed by atoms with van der Waals surface area (Å²) in [7, 11) is 0. The molecule has 2 fully saturated rings. The third kappa shape index (κ3) is 5.81. The summed E-state index contributed by atoms with van der Waals surface area (Å²) in [4.78, 5) is 0. The van der Waals surface area contributed by atoms with E-state index < -0.39 is 23.3 Å². The van der Waals surface area contributed by atoms with Gasteiger partial charge < -0.3 is 0 Å². The van der Waals surface area contributed by atoms with E-state index in [1.165, 1.54) is 76.0 Å². The molecule has 2 aromatic rings. The van der Waals surface area contributed by atoms with Gasteiger partial charge >= 0.3 is 0 Å². The summed E-state index contributed by atoms with van der Waals surface area (Å²) in [6.07, 6.45) is 15.0. The summed E-state index contributed by atoms with van der Waals surface area (Å²) in [6, 6.07) is 5.79. The molecular weight excluding hydrogens is 424 g/mol. The van der Waals surface area contributed by atoms with E-state index in [9.17, 15) is 17.6 Å². The Labute approximate surface area is 195 Å². The van der Waals surface area contributed by atoms with E-state index in [0.717, 1.165) is 43.2 Å². The lowest BCUT2D eigenvalue weighted by Gasteiger charge is -2.42. The van der Waals surface area contributed by atoms with Crippen LogP contribution in [0.1, 0.15) is 95.5 Å². The van der Waals surface area contributed by atoms with Crippen molar-refractivity contribution in [2.75, 3.05) is 0 Å². The standard InChI is InChI=1S/C29H36F4/c1-2-3-4-5-6-7-19-8-9-21-15-22(11-10-20(21)14-19)24-17-27(32)29(28(33)18-24)23-12-13-25(30)26(31)16-23/h12-13,16-22H,2-11,14-15H2,1H3/t19?,20-,21-,22-/m1/s1. The first-order chi connectivity index (χ1) is 16.0. The second-order valence-corrected chi connectivity index (χ2v) is 10.4. The molecule has 4 heteroatoms. The average Bonchev–Trinajstić information content (AvgIpc) is 2.80. The number of benzene rings is 2. The molecule has 0 heterocycles. The molecule has 0 radical (unpaired) electrons. The minimum Gasteiger partial charge on any atom is -0.206 e. The van der Waals surface area contributed by atoms with Gasteiger partial charge in [0.2, 0.25) is 0 Å². The zero-order valence-electron chi connectivity index (χ0n) is 19.7. The first-order valence-corrected chi connectivity index (χ1v) is 12.9. The van der Waals surface area contributed by atoms with E-state index in [1.54, 1.807) is 0 Å². The zero-order chi connectivity index (χ0) is 23.4. The van der Waals surface area contributed by atoms with Gasteiger partial charge in [0.15, 0.2) is 11.6 Å². The number of rotatable bonds is 8. The van der Waals surface area contributed by atoms with Crippen LogP contribution in [0.25, 0.3) is 11.1 Å². The summed E-state index contributed by atoms with van der Waals surface area (Å²) in [5.41, 5.74) is 0.436. The highest BCUT2D eigenvalue weighted by Crippen LogP contribution is 2.49. The summed E-state index contributed by atoms with van der Waals surface area (Å²) in [6.45, 7) is 2.25. The van der Waals surface area contributed by atoms with Crippen molar-refractivity contribution in [1.82, 2.24) is 0 Å². The Kier molecular flexibility index (Phi) is 8.14. The molecule has 0 amide bonds. The van der Waals surface area contributed by atoms with Crippen molar-refractivity contribution in [2.24, 2.45) is 17.8 Å². The lowest BCUT2D eigenvalue weighted by Crippen LogP contribution is -2.30. The molecule has 4 rings (SSSR count). The first kappa shape index (κ1) is 24.3. The highest BCUT2D eigenvalue weighted by molar-refractivity contribution is 5.65. The number of halogens is 4. The lowest BCUT2D eigenvalue weighted by molar-refractivity contribution is 0.113. The Hall–Kier alpha value is -1.84. The Balaban J connectivity index is 1.37. The monoisotopic (exact) mass is 460 g/mol. The predicted molar refractivity (Wildman–Crippen MR) is 126 cm³/mol. The molecule has 2 aliphatic rings. The molecule has 2 aliphatic carbocycles. The fraction of sp³-hybridized carbons (Fsp3) is 0.586. The van der Waals surface area contributed by atoms with Gasteiger partial charge in [0.25, 0.3) is 0 Å². The van der Waals surface area contributed by atoms with Gasteiger partial charge in [0, 0.05) is 0 Å². The van der Waals surface area contributed by atoms with Crippen LogP contribution in [0.15, 0.2) is 30.3 Å². The average molecular weight is 461 g/mol. The molecule has 0 spiro atoms. The molecule has 0 aromatic heterocycles. The van der Waals surface area contributed by atoms with Crippen LogP contribution in [0.4, 0.5) is 17.6 Å².